The number of hydrogen-bond donors (Lipinski definition) is 3. The maximum Gasteiger partial charge on any atom is 0.243 e. The van der Waals surface area contributed by atoms with Crippen LogP contribution in [0.3, 0.4) is 0 Å². The van der Waals surface area contributed by atoms with Crippen molar-refractivity contribution in [2.45, 2.75) is 64.5 Å². The van der Waals surface area contributed by atoms with Crippen LogP contribution in [-0.4, -0.2) is 42.6 Å². The summed E-state index contributed by atoms with van der Waals surface area (Å²) in [5, 5.41) is 8.65. The molecule has 7 nitrogen and oxygen atoms in total. The highest BCUT2D eigenvalue weighted by Crippen LogP contribution is 2.29. The quantitative estimate of drug-likeness (QED) is 0.608. The Kier molecular flexibility index (Phi) is 8.42. The van der Waals surface area contributed by atoms with Crippen LogP contribution in [0.2, 0.25) is 0 Å². The van der Waals surface area contributed by atoms with Crippen molar-refractivity contribution in [3.05, 3.63) is 35.9 Å². The highest BCUT2D eigenvalue weighted by Gasteiger charge is 2.37. The van der Waals surface area contributed by atoms with Gasteiger partial charge in [0.1, 0.15) is 12.3 Å². The summed E-state index contributed by atoms with van der Waals surface area (Å²) in [7, 11) is 0. The van der Waals surface area contributed by atoms with E-state index in [0.29, 0.717) is 38.5 Å². The van der Waals surface area contributed by atoms with Gasteiger partial charge in [0, 0.05) is 18.4 Å². The van der Waals surface area contributed by atoms with Crippen molar-refractivity contribution < 1.29 is 19.2 Å². The molecule has 0 spiro atoms. The van der Waals surface area contributed by atoms with E-state index in [2.05, 4.69) is 16.0 Å². The zero-order chi connectivity index (χ0) is 23.1. The number of nitrogens with one attached hydrogen (secondary N) is 3. The van der Waals surface area contributed by atoms with E-state index < -0.39 is 12.1 Å². The molecule has 2 fully saturated rings. The van der Waals surface area contributed by atoms with Crippen LogP contribution < -0.4 is 16.0 Å². The van der Waals surface area contributed by atoms with Crippen LogP contribution in [-0.2, 0) is 25.6 Å². The largest absolute Gasteiger partial charge is 0.356 e. The average Bonchev–Trinajstić information content (AvgIpc) is 3.11. The minimum Gasteiger partial charge on any atom is -0.356 e. The maximum absolute atomic E-state index is 13.3. The number of aldehydes is 1. The topological polar surface area (TPSA) is 104 Å². The van der Waals surface area contributed by atoms with E-state index in [1.807, 2.05) is 44.2 Å². The standard InChI is InChI=1S/C25H35N3O4/c1-16(2)11-22-25(32)27-20(15-29)13-21-19(14-26-24(21)31)10-6-9-18(23(30)28-22)12-17-7-4-3-5-8-17/h3-5,7-8,15-16,18-22H,6,9-14H2,1-2H3,(H,26,31)(H,27,32)(H,28,30)/t18-,19+,20+,21+,22+/m1/s1. The van der Waals surface area contributed by atoms with Crippen molar-refractivity contribution in [3.63, 3.8) is 0 Å². The summed E-state index contributed by atoms with van der Waals surface area (Å²) in [6.45, 7) is 4.56. The van der Waals surface area contributed by atoms with Gasteiger partial charge >= 0.3 is 0 Å². The van der Waals surface area contributed by atoms with Crippen LogP contribution in [0.4, 0.5) is 0 Å². The molecule has 0 unspecified atom stereocenters. The molecule has 1 aromatic rings. The molecular formula is C25H35N3O4. The van der Waals surface area contributed by atoms with E-state index in [1.54, 1.807) is 0 Å². The van der Waals surface area contributed by atoms with Gasteiger partial charge in [-0.25, -0.2) is 0 Å². The number of benzene rings is 1. The first-order valence-electron chi connectivity index (χ1n) is 11.7. The molecule has 3 N–H and O–H groups in total. The summed E-state index contributed by atoms with van der Waals surface area (Å²) in [6, 6.07) is 8.44. The predicted molar refractivity (Wildman–Crippen MR) is 121 cm³/mol. The van der Waals surface area contributed by atoms with E-state index in [1.165, 1.54) is 0 Å². The summed E-state index contributed by atoms with van der Waals surface area (Å²) in [5.74, 6) is -0.814. The number of rotatable bonds is 5. The molecule has 2 heterocycles. The zero-order valence-corrected chi connectivity index (χ0v) is 19.0. The van der Waals surface area contributed by atoms with Gasteiger partial charge in [0.15, 0.2) is 0 Å². The molecule has 174 valence electrons. The monoisotopic (exact) mass is 441 g/mol. The fourth-order valence-corrected chi connectivity index (χ4v) is 4.87. The van der Waals surface area contributed by atoms with Crippen molar-refractivity contribution in [2.75, 3.05) is 6.54 Å². The molecule has 5 atom stereocenters. The van der Waals surface area contributed by atoms with Crippen LogP contribution in [0, 0.1) is 23.7 Å². The first kappa shape index (κ1) is 24.0. The van der Waals surface area contributed by atoms with Gasteiger partial charge in [-0.2, -0.15) is 0 Å². The van der Waals surface area contributed by atoms with Gasteiger partial charge in [-0.05, 0) is 49.5 Å². The van der Waals surface area contributed by atoms with E-state index >= 15 is 0 Å². The van der Waals surface area contributed by atoms with Gasteiger partial charge in [-0.1, -0.05) is 50.6 Å². The van der Waals surface area contributed by atoms with Crippen molar-refractivity contribution in [3.8, 4) is 0 Å². The Labute approximate surface area is 190 Å². The molecule has 2 aliphatic rings. The van der Waals surface area contributed by atoms with Crippen LogP contribution in [0.15, 0.2) is 30.3 Å². The van der Waals surface area contributed by atoms with Gasteiger partial charge < -0.3 is 20.7 Å². The SMILES string of the molecule is CC(C)C[C@@H]1NC(=O)[C@@H](Cc2ccccc2)CCC[C@H]2CNC(=O)[C@H]2C[C@@H](C=O)NC1=O. The second-order valence-corrected chi connectivity index (χ2v) is 9.61. The average molecular weight is 442 g/mol. The number of hydrogen-bond acceptors (Lipinski definition) is 4. The lowest BCUT2D eigenvalue weighted by molar-refractivity contribution is -0.132. The lowest BCUT2D eigenvalue weighted by Crippen LogP contribution is -2.52. The van der Waals surface area contributed by atoms with Gasteiger partial charge in [-0.15, -0.1) is 0 Å². The molecule has 0 bridgehead atoms. The highest BCUT2D eigenvalue weighted by molar-refractivity contribution is 5.90. The molecule has 2 saturated heterocycles. The minimum absolute atomic E-state index is 0.0558. The van der Waals surface area contributed by atoms with E-state index in [0.717, 1.165) is 18.4 Å². The third kappa shape index (κ3) is 6.40. The third-order valence-electron chi connectivity index (χ3n) is 6.61. The van der Waals surface area contributed by atoms with Crippen LogP contribution >= 0.6 is 0 Å². The fraction of sp³-hybridized carbons (Fsp3) is 0.600. The number of amides is 3. The Bertz CT molecular complexity index is 811. The van der Waals surface area contributed by atoms with Crippen LogP contribution in [0.1, 0.15) is 51.5 Å². The fourth-order valence-electron chi connectivity index (χ4n) is 4.87. The van der Waals surface area contributed by atoms with Crippen molar-refractivity contribution >= 4 is 24.0 Å². The lowest BCUT2D eigenvalue weighted by Gasteiger charge is -2.25. The summed E-state index contributed by atoms with van der Waals surface area (Å²) in [4.78, 5) is 50.4. The van der Waals surface area contributed by atoms with E-state index in [-0.39, 0.29) is 41.4 Å². The Morgan fingerprint density at radius 1 is 1.00 bits per heavy atom. The Morgan fingerprint density at radius 3 is 2.44 bits per heavy atom. The molecule has 32 heavy (non-hydrogen) atoms. The van der Waals surface area contributed by atoms with Gasteiger partial charge in [0.2, 0.25) is 17.7 Å². The highest BCUT2D eigenvalue weighted by atomic mass is 16.2. The number of carbonyl (C=O) groups is 4. The van der Waals surface area contributed by atoms with Crippen molar-refractivity contribution in [1.29, 1.82) is 0 Å². The normalized spacial score (nSPS) is 29.6. The van der Waals surface area contributed by atoms with Crippen molar-refractivity contribution in [1.82, 2.24) is 16.0 Å². The van der Waals surface area contributed by atoms with Crippen molar-refractivity contribution in [2.24, 2.45) is 23.7 Å². The number of carbonyl (C=O) groups excluding carboxylic acids is 4. The molecule has 0 radical (unpaired) electrons. The summed E-state index contributed by atoms with van der Waals surface area (Å²) in [6.07, 6.45) is 4.37. The first-order valence-corrected chi connectivity index (χ1v) is 11.7. The number of fused-ring (bicyclic) bond motifs is 1. The molecule has 7 heteroatoms. The van der Waals surface area contributed by atoms with Gasteiger partial charge in [0.25, 0.3) is 0 Å². The predicted octanol–water partition coefficient (Wildman–Crippen LogP) is 2.00. The first-order chi connectivity index (χ1) is 15.4. The Balaban J connectivity index is 1.85. The van der Waals surface area contributed by atoms with Gasteiger partial charge in [-0.3, -0.25) is 14.4 Å². The van der Waals surface area contributed by atoms with Gasteiger partial charge in [0.05, 0.1) is 6.04 Å². The molecule has 3 rings (SSSR count). The second kappa shape index (κ2) is 11.2. The molecule has 0 saturated carbocycles. The molecule has 0 aliphatic carbocycles. The van der Waals surface area contributed by atoms with Crippen LogP contribution in [0.25, 0.3) is 0 Å². The molecule has 0 aromatic heterocycles. The maximum atomic E-state index is 13.3. The van der Waals surface area contributed by atoms with E-state index in [9.17, 15) is 19.2 Å². The zero-order valence-electron chi connectivity index (χ0n) is 19.0. The van der Waals surface area contributed by atoms with Crippen LogP contribution in [0.5, 0.6) is 0 Å². The molecule has 3 amide bonds. The summed E-state index contributed by atoms with van der Waals surface area (Å²) < 4.78 is 0. The van der Waals surface area contributed by atoms with E-state index in [4.69, 9.17) is 0 Å². The summed E-state index contributed by atoms with van der Waals surface area (Å²) >= 11 is 0. The lowest BCUT2D eigenvalue weighted by atomic mass is 9.84. The smallest absolute Gasteiger partial charge is 0.243 e. The Morgan fingerprint density at radius 2 is 1.75 bits per heavy atom. The second-order valence-electron chi connectivity index (χ2n) is 9.61. The molecule has 2 aliphatic heterocycles. The Hall–Kier alpha value is -2.70. The summed E-state index contributed by atoms with van der Waals surface area (Å²) in [5.41, 5.74) is 1.08. The molecule has 1 aromatic carbocycles. The minimum atomic E-state index is -0.744. The molecular weight excluding hydrogens is 406 g/mol. The third-order valence-corrected chi connectivity index (χ3v) is 6.61.